The first-order valence-corrected chi connectivity index (χ1v) is 4.09. The molecule has 0 bridgehead atoms. The van der Waals surface area contributed by atoms with E-state index in [0.29, 0.717) is 4.90 Å². The zero-order valence-corrected chi connectivity index (χ0v) is 7.95. The summed E-state index contributed by atoms with van der Waals surface area (Å²) in [5.74, 6) is -3.42. The van der Waals surface area contributed by atoms with Gasteiger partial charge in [-0.05, 0) is 0 Å². The number of nitrogens with one attached hydrogen (secondary N) is 1. The molecule has 0 fully saturated rings. The van der Waals surface area contributed by atoms with E-state index in [-0.39, 0.29) is 5.69 Å². The maximum Gasteiger partial charge on any atom is 0.323 e. The molecular weight excluding hydrogens is 220 g/mol. The van der Waals surface area contributed by atoms with Gasteiger partial charge < -0.3 is 15.1 Å². The number of carbonyl (C=O) groups is 3. The third-order valence-electron chi connectivity index (χ3n) is 1.57. The summed E-state index contributed by atoms with van der Waals surface area (Å²) < 4.78 is 0. The third kappa shape index (κ3) is 3.04. The largest absolute Gasteiger partial charge is 0.480 e. The van der Waals surface area contributed by atoms with Crippen molar-refractivity contribution >= 4 is 17.8 Å². The number of carbonyl (C=O) groups excluding carboxylic acids is 1. The Hall–Kier alpha value is -2.45. The number of hydrogen-bond acceptors (Lipinski definition) is 5. The maximum absolute atomic E-state index is 11.6. The van der Waals surface area contributed by atoms with E-state index >= 15 is 0 Å². The number of carboxylic acid groups (broad SMARTS) is 2. The van der Waals surface area contributed by atoms with Gasteiger partial charge in [0.25, 0.3) is 5.91 Å². The first-order chi connectivity index (χ1) is 7.50. The second-order valence-electron chi connectivity index (χ2n) is 2.80. The molecule has 0 aromatic carbocycles. The maximum atomic E-state index is 11.6. The van der Waals surface area contributed by atoms with Crippen molar-refractivity contribution in [1.29, 1.82) is 0 Å². The fourth-order valence-electron chi connectivity index (χ4n) is 0.993. The molecule has 1 amide bonds. The highest BCUT2D eigenvalue weighted by Gasteiger charge is 2.22. The zero-order valence-electron chi connectivity index (χ0n) is 7.95. The summed E-state index contributed by atoms with van der Waals surface area (Å²) in [5, 5.41) is 26.0. The fourth-order valence-corrected chi connectivity index (χ4v) is 0.993. The minimum absolute atomic E-state index is 0.137. The van der Waals surface area contributed by atoms with Gasteiger partial charge in [0, 0.05) is 0 Å². The number of rotatable bonds is 5. The van der Waals surface area contributed by atoms with Crippen LogP contribution < -0.4 is 0 Å². The van der Waals surface area contributed by atoms with Gasteiger partial charge in [0.2, 0.25) is 0 Å². The zero-order chi connectivity index (χ0) is 12.1. The lowest BCUT2D eigenvalue weighted by atomic mass is 10.3. The molecule has 1 aromatic heterocycles. The lowest BCUT2D eigenvalue weighted by molar-refractivity contribution is -0.140. The summed E-state index contributed by atoms with van der Waals surface area (Å²) in [5.41, 5.74) is -0.137. The minimum Gasteiger partial charge on any atom is -0.480 e. The molecule has 0 aliphatic heterocycles. The Morgan fingerprint density at radius 2 is 1.81 bits per heavy atom. The SMILES string of the molecule is O=C(O)CN(CC(=O)O)C(=O)c1cn[nH]n1. The molecule has 16 heavy (non-hydrogen) atoms. The van der Waals surface area contributed by atoms with E-state index in [4.69, 9.17) is 10.2 Å². The average Bonchev–Trinajstić information content (AvgIpc) is 2.66. The number of H-pyrrole nitrogens is 1. The first kappa shape index (κ1) is 11.6. The summed E-state index contributed by atoms with van der Waals surface area (Å²) in [6.45, 7) is -1.42. The van der Waals surface area contributed by atoms with E-state index in [1.165, 1.54) is 0 Å². The van der Waals surface area contributed by atoms with Gasteiger partial charge in [-0.2, -0.15) is 15.4 Å². The molecule has 9 nitrogen and oxygen atoms in total. The first-order valence-electron chi connectivity index (χ1n) is 4.09. The molecular formula is C7H8N4O5. The van der Waals surface area contributed by atoms with Gasteiger partial charge in [0.05, 0.1) is 6.20 Å². The van der Waals surface area contributed by atoms with Crippen molar-refractivity contribution in [3.63, 3.8) is 0 Å². The molecule has 0 radical (unpaired) electrons. The topological polar surface area (TPSA) is 136 Å². The molecule has 9 heteroatoms. The Morgan fingerprint density at radius 1 is 1.25 bits per heavy atom. The molecule has 1 aromatic rings. The standard InChI is InChI=1S/C7H8N4O5/c12-5(13)2-11(3-6(14)15)7(16)4-1-8-10-9-4/h1H,2-3H2,(H,12,13)(H,14,15)(H,8,9,10). The highest BCUT2D eigenvalue weighted by Crippen LogP contribution is 1.99. The van der Waals surface area contributed by atoms with E-state index < -0.39 is 30.9 Å². The van der Waals surface area contributed by atoms with Gasteiger partial charge in [0.1, 0.15) is 13.1 Å². The van der Waals surface area contributed by atoms with Crippen molar-refractivity contribution in [3.8, 4) is 0 Å². The normalized spacial score (nSPS) is 9.75. The van der Waals surface area contributed by atoms with Crippen LogP contribution in [0.4, 0.5) is 0 Å². The lowest BCUT2D eigenvalue weighted by Gasteiger charge is -2.16. The summed E-state index contributed by atoms with van der Waals surface area (Å²) in [6, 6.07) is 0. The van der Waals surface area contributed by atoms with Crippen LogP contribution in [0.2, 0.25) is 0 Å². The van der Waals surface area contributed by atoms with Gasteiger partial charge in [0.15, 0.2) is 5.69 Å². The molecule has 0 saturated heterocycles. The summed E-state index contributed by atoms with van der Waals surface area (Å²) in [4.78, 5) is 33.1. The number of hydrogen-bond donors (Lipinski definition) is 3. The molecule has 0 aliphatic rings. The van der Waals surface area contributed by atoms with Gasteiger partial charge in [-0.15, -0.1) is 0 Å². The molecule has 3 N–H and O–H groups in total. The summed E-state index contributed by atoms with van der Waals surface area (Å²) in [6.07, 6.45) is 1.08. The molecule has 0 saturated carbocycles. The molecule has 1 rings (SSSR count). The number of nitrogens with zero attached hydrogens (tertiary/aromatic N) is 3. The van der Waals surface area contributed by atoms with Crippen molar-refractivity contribution in [3.05, 3.63) is 11.9 Å². The van der Waals surface area contributed by atoms with E-state index in [1.54, 1.807) is 0 Å². The van der Waals surface area contributed by atoms with Gasteiger partial charge in [-0.25, -0.2) is 0 Å². The van der Waals surface area contributed by atoms with Crippen molar-refractivity contribution in [1.82, 2.24) is 20.3 Å². The quantitative estimate of drug-likeness (QED) is 0.552. The van der Waals surface area contributed by atoms with Crippen LogP contribution in [0.5, 0.6) is 0 Å². The highest BCUT2D eigenvalue weighted by atomic mass is 16.4. The third-order valence-corrected chi connectivity index (χ3v) is 1.57. The smallest absolute Gasteiger partial charge is 0.323 e. The van der Waals surface area contributed by atoms with E-state index in [1.807, 2.05) is 0 Å². The molecule has 0 unspecified atom stereocenters. The summed E-state index contributed by atoms with van der Waals surface area (Å²) in [7, 11) is 0. The monoisotopic (exact) mass is 228 g/mol. The van der Waals surface area contributed by atoms with E-state index in [2.05, 4.69) is 15.4 Å². The number of aromatic amines is 1. The minimum atomic E-state index is -1.31. The molecule has 86 valence electrons. The Labute approximate surface area is 88.7 Å². The van der Waals surface area contributed by atoms with Crippen molar-refractivity contribution in [2.24, 2.45) is 0 Å². The predicted octanol–water partition coefficient (Wildman–Crippen LogP) is -1.58. The molecule has 1 heterocycles. The van der Waals surface area contributed by atoms with Crippen LogP contribution >= 0.6 is 0 Å². The molecule has 0 aliphatic carbocycles. The van der Waals surface area contributed by atoms with Crippen LogP contribution in [-0.4, -0.2) is 61.5 Å². The number of carboxylic acids is 2. The second-order valence-corrected chi connectivity index (χ2v) is 2.80. The van der Waals surface area contributed by atoms with Crippen LogP contribution in [0.1, 0.15) is 10.5 Å². The molecule has 0 spiro atoms. The fraction of sp³-hybridized carbons (Fsp3) is 0.286. The van der Waals surface area contributed by atoms with Crippen molar-refractivity contribution in [2.75, 3.05) is 13.1 Å². The Kier molecular flexibility index (Phi) is 3.53. The predicted molar refractivity (Wildman–Crippen MR) is 47.6 cm³/mol. The number of aromatic nitrogens is 3. The van der Waals surface area contributed by atoms with Crippen LogP contribution in [0.15, 0.2) is 6.20 Å². The second kappa shape index (κ2) is 4.87. The number of amides is 1. The van der Waals surface area contributed by atoms with E-state index in [9.17, 15) is 14.4 Å². The summed E-state index contributed by atoms with van der Waals surface area (Å²) >= 11 is 0. The highest BCUT2D eigenvalue weighted by molar-refractivity contribution is 5.95. The van der Waals surface area contributed by atoms with Gasteiger partial charge >= 0.3 is 11.9 Å². The number of aliphatic carboxylic acids is 2. The Balaban J connectivity index is 2.79. The van der Waals surface area contributed by atoms with Gasteiger partial charge in [-0.3, -0.25) is 14.4 Å². The van der Waals surface area contributed by atoms with Crippen molar-refractivity contribution < 1.29 is 24.6 Å². The van der Waals surface area contributed by atoms with Crippen LogP contribution in [0.3, 0.4) is 0 Å². The van der Waals surface area contributed by atoms with Crippen LogP contribution in [-0.2, 0) is 9.59 Å². The van der Waals surface area contributed by atoms with Crippen LogP contribution in [0, 0.1) is 0 Å². The van der Waals surface area contributed by atoms with Crippen LogP contribution in [0.25, 0.3) is 0 Å². The Morgan fingerprint density at radius 3 is 2.19 bits per heavy atom. The lowest BCUT2D eigenvalue weighted by Crippen LogP contribution is -2.39. The van der Waals surface area contributed by atoms with Gasteiger partial charge in [-0.1, -0.05) is 0 Å². The van der Waals surface area contributed by atoms with E-state index in [0.717, 1.165) is 6.20 Å². The Bertz CT molecular complexity index is 385. The van der Waals surface area contributed by atoms with Crippen molar-refractivity contribution in [2.45, 2.75) is 0 Å². The average molecular weight is 228 g/mol. The molecule has 0 atom stereocenters.